The average molecular weight is 162 g/mol. The van der Waals surface area contributed by atoms with E-state index in [0.29, 0.717) is 0 Å². The van der Waals surface area contributed by atoms with Crippen LogP contribution in [-0.4, -0.2) is 15.9 Å². The Morgan fingerprint density at radius 1 is 1.40 bits per heavy atom. The Labute approximate surface area is 100 Å². The van der Waals surface area contributed by atoms with E-state index < -0.39 is 5.97 Å². The first kappa shape index (κ1) is 10.2. The van der Waals surface area contributed by atoms with Crippen molar-refractivity contribution in [3.63, 3.8) is 0 Å². The smallest absolute Gasteiger partial charge is 0.545 e. The summed E-state index contributed by atoms with van der Waals surface area (Å²) >= 11 is 0. The number of aromatic nitrogens is 2. The van der Waals surface area contributed by atoms with E-state index in [4.69, 9.17) is 0 Å². The van der Waals surface area contributed by atoms with Crippen molar-refractivity contribution in [1.29, 1.82) is 0 Å². The number of nitrogens with zero attached hydrogens (tertiary/aromatic N) is 2. The van der Waals surface area contributed by atoms with Crippen LogP contribution in [0.3, 0.4) is 0 Å². The number of hydrogen-bond donors (Lipinski definition) is 0. The van der Waals surface area contributed by atoms with Crippen molar-refractivity contribution in [2.75, 3.05) is 0 Å². The molecule has 0 saturated carbocycles. The standard InChI is InChI=1S/C5H4N2O2.K/c8-5(9)4-1-6-3-7-2-4;/h1-3H,(H,8,9);/q;+1/p-1. The molecule has 0 unspecified atom stereocenters. The molecule has 0 spiro atoms. The van der Waals surface area contributed by atoms with Gasteiger partial charge in [-0.2, -0.15) is 0 Å². The SMILES string of the molecule is O=C([O-])c1cncnc1.[K+]. The van der Waals surface area contributed by atoms with Crippen LogP contribution >= 0.6 is 0 Å². The van der Waals surface area contributed by atoms with Crippen LogP contribution in [0.25, 0.3) is 0 Å². The topological polar surface area (TPSA) is 65.9 Å². The van der Waals surface area contributed by atoms with Crippen LogP contribution in [-0.2, 0) is 0 Å². The van der Waals surface area contributed by atoms with Gasteiger partial charge in [-0.3, -0.25) is 0 Å². The molecule has 0 atom stereocenters. The van der Waals surface area contributed by atoms with Gasteiger partial charge in [-0.05, 0) is 0 Å². The van der Waals surface area contributed by atoms with Crippen LogP contribution in [0.1, 0.15) is 10.4 Å². The number of rotatable bonds is 1. The fraction of sp³-hybridized carbons (Fsp3) is 0. The molecule has 10 heavy (non-hydrogen) atoms. The Hall–Kier alpha value is 0.186. The summed E-state index contributed by atoms with van der Waals surface area (Å²) in [6.07, 6.45) is 3.62. The molecule has 0 N–H and O–H groups in total. The van der Waals surface area contributed by atoms with Gasteiger partial charge in [-0.25, -0.2) is 9.97 Å². The van der Waals surface area contributed by atoms with Gasteiger partial charge in [0.2, 0.25) is 0 Å². The zero-order valence-electron chi connectivity index (χ0n) is 5.44. The van der Waals surface area contributed by atoms with E-state index in [1.54, 1.807) is 0 Å². The number of hydrogen-bond acceptors (Lipinski definition) is 4. The first-order valence-corrected chi connectivity index (χ1v) is 2.27. The molecular formula is C5H3KN2O2. The summed E-state index contributed by atoms with van der Waals surface area (Å²) in [6.45, 7) is 0. The van der Waals surface area contributed by atoms with E-state index in [2.05, 4.69) is 9.97 Å². The molecule has 46 valence electrons. The fourth-order valence-corrected chi connectivity index (χ4v) is 0.405. The van der Waals surface area contributed by atoms with E-state index >= 15 is 0 Å². The van der Waals surface area contributed by atoms with E-state index in [1.807, 2.05) is 0 Å². The van der Waals surface area contributed by atoms with Gasteiger partial charge in [-0.1, -0.05) is 0 Å². The molecule has 1 heterocycles. The van der Waals surface area contributed by atoms with E-state index in [0.717, 1.165) is 0 Å². The first-order chi connectivity index (χ1) is 4.30. The molecule has 0 aliphatic heterocycles. The summed E-state index contributed by atoms with van der Waals surface area (Å²) in [5.41, 5.74) is -0.00231. The normalized spacial score (nSPS) is 8.00. The van der Waals surface area contributed by atoms with Crippen LogP contribution in [0.2, 0.25) is 0 Å². The zero-order chi connectivity index (χ0) is 6.69. The van der Waals surface area contributed by atoms with Gasteiger partial charge in [0.1, 0.15) is 6.33 Å². The predicted octanol–water partition coefficient (Wildman–Crippen LogP) is -4.16. The number of carbonyl (C=O) groups is 1. The number of aromatic carboxylic acids is 1. The van der Waals surface area contributed by atoms with Crippen molar-refractivity contribution in [3.8, 4) is 0 Å². The summed E-state index contributed by atoms with van der Waals surface area (Å²) in [7, 11) is 0. The van der Waals surface area contributed by atoms with Gasteiger partial charge in [-0.15, -0.1) is 0 Å². The molecule has 0 radical (unpaired) electrons. The predicted molar refractivity (Wildman–Crippen MR) is 26.4 cm³/mol. The summed E-state index contributed by atoms with van der Waals surface area (Å²) in [5.74, 6) is -1.25. The quantitative estimate of drug-likeness (QED) is 0.393. The maximum Gasteiger partial charge on any atom is 1.00 e. The van der Waals surface area contributed by atoms with E-state index in [9.17, 15) is 9.90 Å². The molecule has 0 bridgehead atoms. The monoisotopic (exact) mass is 162 g/mol. The molecule has 1 rings (SSSR count). The maximum absolute atomic E-state index is 10.0. The summed E-state index contributed by atoms with van der Waals surface area (Å²) in [5, 5.41) is 10.0. The molecule has 0 fully saturated rings. The second-order valence-corrected chi connectivity index (χ2v) is 1.41. The number of carboxylic acids is 1. The molecule has 1 aromatic rings. The third kappa shape index (κ3) is 2.85. The molecule has 0 saturated heterocycles. The largest absolute Gasteiger partial charge is 1.00 e. The fourth-order valence-electron chi connectivity index (χ4n) is 0.405. The molecular weight excluding hydrogens is 159 g/mol. The van der Waals surface area contributed by atoms with Gasteiger partial charge < -0.3 is 9.90 Å². The van der Waals surface area contributed by atoms with Gasteiger partial charge in [0, 0.05) is 18.0 Å². The maximum atomic E-state index is 10.0. The van der Waals surface area contributed by atoms with E-state index in [-0.39, 0.29) is 56.9 Å². The van der Waals surface area contributed by atoms with Crippen LogP contribution in [0, 0.1) is 0 Å². The summed E-state index contributed by atoms with van der Waals surface area (Å²) in [4.78, 5) is 17.0. The van der Waals surface area contributed by atoms with Gasteiger partial charge in [0.15, 0.2) is 0 Å². The minimum absolute atomic E-state index is 0. The Balaban J connectivity index is 0.000000810. The molecule has 0 aliphatic rings. The van der Waals surface area contributed by atoms with Crippen molar-refractivity contribution >= 4 is 5.97 Å². The Morgan fingerprint density at radius 3 is 2.20 bits per heavy atom. The summed E-state index contributed by atoms with van der Waals surface area (Å²) in [6, 6.07) is 0. The number of carboxylic acid groups (broad SMARTS) is 1. The Kier molecular flexibility index (Phi) is 5.01. The molecule has 1 aromatic heterocycles. The van der Waals surface area contributed by atoms with Crippen LogP contribution in [0.5, 0.6) is 0 Å². The third-order valence-electron chi connectivity index (χ3n) is 0.796. The number of carbonyl (C=O) groups excluding carboxylic acids is 1. The van der Waals surface area contributed by atoms with Crippen LogP contribution in [0.4, 0.5) is 0 Å². The second-order valence-electron chi connectivity index (χ2n) is 1.41. The Bertz CT molecular complexity index is 214. The Morgan fingerprint density at radius 2 is 1.90 bits per heavy atom. The first-order valence-electron chi connectivity index (χ1n) is 2.27. The van der Waals surface area contributed by atoms with Crippen molar-refractivity contribution in [2.24, 2.45) is 0 Å². The molecule has 5 heteroatoms. The van der Waals surface area contributed by atoms with Crippen molar-refractivity contribution in [3.05, 3.63) is 24.3 Å². The average Bonchev–Trinajstić information content (AvgIpc) is 1.90. The minimum Gasteiger partial charge on any atom is -0.545 e. The zero-order valence-corrected chi connectivity index (χ0v) is 8.57. The van der Waals surface area contributed by atoms with Gasteiger partial charge in [0.25, 0.3) is 0 Å². The van der Waals surface area contributed by atoms with Gasteiger partial charge >= 0.3 is 51.4 Å². The molecule has 0 aliphatic carbocycles. The third-order valence-corrected chi connectivity index (χ3v) is 0.796. The van der Waals surface area contributed by atoms with Crippen molar-refractivity contribution in [2.45, 2.75) is 0 Å². The minimum atomic E-state index is -1.25. The molecule has 4 nitrogen and oxygen atoms in total. The molecule has 0 amide bonds. The van der Waals surface area contributed by atoms with Crippen molar-refractivity contribution < 1.29 is 61.3 Å². The molecule has 0 aromatic carbocycles. The van der Waals surface area contributed by atoms with E-state index in [1.165, 1.54) is 18.7 Å². The second kappa shape index (κ2) is 4.92. The van der Waals surface area contributed by atoms with Gasteiger partial charge in [0.05, 0.1) is 5.97 Å². The van der Waals surface area contributed by atoms with Crippen molar-refractivity contribution in [1.82, 2.24) is 9.97 Å². The summed E-state index contributed by atoms with van der Waals surface area (Å²) < 4.78 is 0. The van der Waals surface area contributed by atoms with Crippen LogP contribution < -0.4 is 56.5 Å². The van der Waals surface area contributed by atoms with Crippen LogP contribution in [0.15, 0.2) is 18.7 Å².